The molecule has 0 heterocycles. The normalized spacial score (nSPS) is 11.5. The molecule has 0 unspecified atom stereocenters. The summed E-state index contributed by atoms with van der Waals surface area (Å²) in [6.45, 7) is 4.38. The number of carbonyl (C=O) groups excluding carboxylic acids is 1. The van der Waals surface area contributed by atoms with Crippen molar-refractivity contribution in [2.45, 2.75) is 39.5 Å². The van der Waals surface area contributed by atoms with Gasteiger partial charge in [0.25, 0.3) is 0 Å². The fourth-order valence-electron chi connectivity index (χ4n) is 1.73. The maximum Gasteiger partial charge on any atom is 0.150 e. The Morgan fingerprint density at radius 3 is 2.31 bits per heavy atom. The molecule has 1 aromatic rings. The van der Waals surface area contributed by atoms with Crippen LogP contribution in [0.25, 0.3) is 5.57 Å². The van der Waals surface area contributed by atoms with Gasteiger partial charge >= 0.3 is 0 Å². The standard InChI is InChI=1S/C15H20O/c1-3-5-7-14(6-4-2)15-10-8-13(12-16)9-11-15/h7-12H,3-6H2,1-2H3/b14-7+. The average Bonchev–Trinajstić information content (AvgIpc) is 2.35. The molecule has 16 heavy (non-hydrogen) atoms. The molecule has 0 saturated heterocycles. The van der Waals surface area contributed by atoms with Gasteiger partial charge in [0, 0.05) is 5.56 Å². The molecule has 0 amide bonds. The summed E-state index contributed by atoms with van der Waals surface area (Å²) in [6.07, 6.45) is 7.79. The first-order chi connectivity index (χ1) is 7.81. The maximum absolute atomic E-state index is 10.6. The fraction of sp³-hybridized carbons (Fsp3) is 0.400. The second-order valence-corrected chi connectivity index (χ2v) is 4.01. The van der Waals surface area contributed by atoms with Crippen LogP contribution in [0.3, 0.4) is 0 Å². The second kappa shape index (κ2) is 7.00. The summed E-state index contributed by atoms with van der Waals surface area (Å²) in [7, 11) is 0. The highest BCUT2D eigenvalue weighted by Crippen LogP contribution is 2.21. The van der Waals surface area contributed by atoms with Gasteiger partial charge in [-0.25, -0.2) is 0 Å². The Balaban J connectivity index is 2.87. The lowest BCUT2D eigenvalue weighted by Gasteiger charge is -2.06. The van der Waals surface area contributed by atoms with Gasteiger partial charge in [0.05, 0.1) is 0 Å². The number of carbonyl (C=O) groups is 1. The monoisotopic (exact) mass is 216 g/mol. The van der Waals surface area contributed by atoms with Crippen LogP contribution in [0, 0.1) is 0 Å². The molecule has 0 aliphatic heterocycles. The molecule has 0 atom stereocenters. The van der Waals surface area contributed by atoms with Gasteiger partial charge in [0.1, 0.15) is 6.29 Å². The van der Waals surface area contributed by atoms with Gasteiger partial charge in [0.15, 0.2) is 0 Å². The van der Waals surface area contributed by atoms with Crippen molar-refractivity contribution in [2.24, 2.45) is 0 Å². The Morgan fingerprint density at radius 2 is 1.81 bits per heavy atom. The van der Waals surface area contributed by atoms with Crippen molar-refractivity contribution in [2.75, 3.05) is 0 Å². The Labute approximate surface area is 98.2 Å². The molecule has 0 fully saturated rings. The Hall–Kier alpha value is -1.37. The van der Waals surface area contributed by atoms with Crippen LogP contribution in [-0.4, -0.2) is 6.29 Å². The van der Waals surface area contributed by atoms with Gasteiger partial charge in [-0.2, -0.15) is 0 Å². The van der Waals surface area contributed by atoms with Crippen molar-refractivity contribution < 1.29 is 4.79 Å². The molecular weight excluding hydrogens is 196 g/mol. The van der Waals surface area contributed by atoms with Crippen molar-refractivity contribution in [3.8, 4) is 0 Å². The number of hydrogen-bond acceptors (Lipinski definition) is 1. The number of allylic oxidation sites excluding steroid dienone is 2. The minimum Gasteiger partial charge on any atom is -0.298 e. The largest absolute Gasteiger partial charge is 0.298 e. The first kappa shape index (κ1) is 12.7. The maximum atomic E-state index is 10.6. The van der Waals surface area contributed by atoms with Crippen molar-refractivity contribution in [1.82, 2.24) is 0 Å². The first-order valence-electron chi connectivity index (χ1n) is 6.06. The van der Waals surface area contributed by atoms with E-state index in [-0.39, 0.29) is 0 Å². The lowest BCUT2D eigenvalue weighted by molar-refractivity contribution is 0.112. The highest BCUT2D eigenvalue weighted by atomic mass is 16.1. The van der Waals surface area contributed by atoms with Crippen LogP contribution in [0.2, 0.25) is 0 Å². The van der Waals surface area contributed by atoms with E-state index in [0.29, 0.717) is 0 Å². The van der Waals surface area contributed by atoms with Gasteiger partial charge < -0.3 is 0 Å². The predicted molar refractivity (Wildman–Crippen MR) is 69.6 cm³/mol. The Bertz CT molecular complexity index is 346. The third-order valence-electron chi connectivity index (χ3n) is 2.62. The van der Waals surface area contributed by atoms with E-state index in [0.717, 1.165) is 31.1 Å². The zero-order valence-corrected chi connectivity index (χ0v) is 10.2. The van der Waals surface area contributed by atoms with Crippen LogP contribution in [0.4, 0.5) is 0 Å². The van der Waals surface area contributed by atoms with Crippen molar-refractivity contribution >= 4 is 11.9 Å². The van der Waals surface area contributed by atoms with Gasteiger partial charge in [-0.15, -0.1) is 0 Å². The van der Waals surface area contributed by atoms with Crippen molar-refractivity contribution in [3.05, 3.63) is 41.5 Å². The summed E-state index contributed by atoms with van der Waals surface area (Å²) < 4.78 is 0. The minimum atomic E-state index is 0.745. The molecule has 0 aromatic heterocycles. The highest BCUT2D eigenvalue weighted by molar-refractivity contribution is 5.76. The SMILES string of the molecule is CCC/C=C(\CCC)c1ccc(C=O)cc1. The average molecular weight is 216 g/mol. The van der Waals surface area contributed by atoms with Gasteiger partial charge in [0.2, 0.25) is 0 Å². The lowest BCUT2D eigenvalue weighted by Crippen LogP contribution is -1.87. The van der Waals surface area contributed by atoms with Crippen LogP contribution in [-0.2, 0) is 0 Å². The number of unbranched alkanes of at least 4 members (excludes halogenated alkanes) is 1. The summed E-state index contributed by atoms with van der Waals surface area (Å²) in [4.78, 5) is 10.6. The van der Waals surface area contributed by atoms with Gasteiger partial charge in [-0.1, -0.05) is 57.0 Å². The summed E-state index contributed by atoms with van der Waals surface area (Å²) in [5.41, 5.74) is 3.40. The smallest absolute Gasteiger partial charge is 0.150 e. The molecule has 1 heteroatoms. The van der Waals surface area contributed by atoms with E-state index in [2.05, 4.69) is 19.9 Å². The predicted octanol–water partition coefficient (Wildman–Crippen LogP) is 4.48. The molecule has 0 saturated carbocycles. The van der Waals surface area contributed by atoms with E-state index >= 15 is 0 Å². The van der Waals surface area contributed by atoms with Crippen LogP contribution in [0.5, 0.6) is 0 Å². The minimum absolute atomic E-state index is 0.745. The highest BCUT2D eigenvalue weighted by Gasteiger charge is 2.00. The molecule has 1 nitrogen and oxygen atoms in total. The van der Waals surface area contributed by atoms with Crippen LogP contribution in [0.15, 0.2) is 30.3 Å². The van der Waals surface area contributed by atoms with E-state index in [1.165, 1.54) is 17.6 Å². The Kier molecular flexibility index (Phi) is 5.55. The molecule has 0 aliphatic rings. The molecular formula is C15H20O. The molecule has 0 N–H and O–H groups in total. The van der Waals surface area contributed by atoms with Crippen LogP contribution < -0.4 is 0 Å². The zero-order valence-electron chi connectivity index (χ0n) is 10.2. The number of hydrogen-bond donors (Lipinski definition) is 0. The van der Waals surface area contributed by atoms with Gasteiger partial charge in [-0.3, -0.25) is 4.79 Å². The zero-order chi connectivity index (χ0) is 11.8. The van der Waals surface area contributed by atoms with E-state index in [4.69, 9.17) is 0 Å². The summed E-state index contributed by atoms with van der Waals surface area (Å²) in [5.74, 6) is 0. The molecule has 0 bridgehead atoms. The van der Waals surface area contributed by atoms with Crippen LogP contribution >= 0.6 is 0 Å². The molecule has 0 spiro atoms. The van der Waals surface area contributed by atoms with Crippen molar-refractivity contribution in [1.29, 1.82) is 0 Å². The third kappa shape index (κ3) is 3.65. The summed E-state index contributed by atoms with van der Waals surface area (Å²) >= 11 is 0. The number of aldehydes is 1. The third-order valence-corrected chi connectivity index (χ3v) is 2.62. The Morgan fingerprint density at radius 1 is 1.12 bits per heavy atom. The molecule has 0 aliphatic carbocycles. The molecule has 1 aromatic carbocycles. The lowest BCUT2D eigenvalue weighted by atomic mass is 9.99. The van der Waals surface area contributed by atoms with E-state index < -0.39 is 0 Å². The van der Waals surface area contributed by atoms with E-state index in [1.807, 2.05) is 24.3 Å². The fourth-order valence-corrected chi connectivity index (χ4v) is 1.73. The topological polar surface area (TPSA) is 17.1 Å². The molecule has 86 valence electrons. The number of rotatable bonds is 6. The van der Waals surface area contributed by atoms with Crippen molar-refractivity contribution in [3.63, 3.8) is 0 Å². The summed E-state index contributed by atoms with van der Waals surface area (Å²) in [6, 6.07) is 7.86. The second-order valence-electron chi connectivity index (χ2n) is 4.01. The van der Waals surface area contributed by atoms with Crippen LogP contribution in [0.1, 0.15) is 55.5 Å². The van der Waals surface area contributed by atoms with E-state index in [1.54, 1.807) is 0 Å². The number of benzene rings is 1. The van der Waals surface area contributed by atoms with Gasteiger partial charge in [-0.05, 0) is 24.0 Å². The van der Waals surface area contributed by atoms with E-state index in [9.17, 15) is 4.79 Å². The molecule has 1 rings (SSSR count). The quantitative estimate of drug-likeness (QED) is 0.641. The summed E-state index contributed by atoms with van der Waals surface area (Å²) in [5, 5.41) is 0. The first-order valence-corrected chi connectivity index (χ1v) is 6.06. The molecule has 0 radical (unpaired) electrons.